The monoisotopic (exact) mass is 263 g/mol. The highest BCUT2D eigenvalue weighted by Crippen LogP contribution is 2.21. The fourth-order valence-corrected chi connectivity index (χ4v) is 1.57. The van der Waals surface area contributed by atoms with E-state index in [1.807, 2.05) is 20.8 Å². The van der Waals surface area contributed by atoms with Gasteiger partial charge in [0.2, 0.25) is 5.91 Å². The molecule has 1 aliphatic rings. The molecular weight excluding hydrogens is 242 g/mol. The van der Waals surface area contributed by atoms with Crippen LogP contribution in [-0.2, 0) is 10.2 Å². The third-order valence-electron chi connectivity index (χ3n) is 2.79. The van der Waals surface area contributed by atoms with Crippen molar-refractivity contribution in [3.8, 4) is 0 Å². The number of nitrogens with two attached hydrogens (primary N) is 1. The van der Waals surface area contributed by atoms with Crippen LogP contribution in [-0.4, -0.2) is 28.5 Å². The average Bonchev–Trinajstić information content (AvgIpc) is 3.08. The van der Waals surface area contributed by atoms with Gasteiger partial charge in [0.15, 0.2) is 0 Å². The normalized spacial score (nSPS) is 15.1. The number of anilines is 2. The van der Waals surface area contributed by atoms with Gasteiger partial charge in [-0.25, -0.2) is 9.97 Å². The quantitative estimate of drug-likeness (QED) is 0.755. The predicted molar refractivity (Wildman–Crippen MR) is 74.8 cm³/mol. The molecule has 6 heteroatoms. The summed E-state index contributed by atoms with van der Waals surface area (Å²) >= 11 is 0. The number of nitrogen functional groups attached to an aromatic ring is 1. The largest absolute Gasteiger partial charge is 0.384 e. The molecule has 0 saturated heterocycles. The van der Waals surface area contributed by atoms with E-state index in [1.54, 1.807) is 6.07 Å². The minimum absolute atomic E-state index is 0.0167. The summed E-state index contributed by atoms with van der Waals surface area (Å²) in [5.74, 6) is 1.64. The first kappa shape index (κ1) is 13.6. The number of hydrogen-bond donors (Lipinski definition) is 3. The van der Waals surface area contributed by atoms with Gasteiger partial charge in [-0.15, -0.1) is 0 Å². The van der Waals surface area contributed by atoms with Crippen molar-refractivity contribution in [3.63, 3.8) is 0 Å². The smallest absolute Gasteiger partial charge is 0.239 e. The van der Waals surface area contributed by atoms with Crippen molar-refractivity contribution in [1.29, 1.82) is 0 Å². The highest BCUT2D eigenvalue weighted by Gasteiger charge is 2.23. The Balaban J connectivity index is 1.99. The Morgan fingerprint density at radius 2 is 2.11 bits per heavy atom. The van der Waals surface area contributed by atoms with Gasteiger partial charge >= 0.3 is 0 Å². The van der Waals surface area contributed by atoms with Crippen molar-refractivity contribution in [2.24, 2.45) is 0 Å². The van der Waals surface area contributed by atoms with Gasteiger partial charge in [0.1, 0.15) is 17.5 Å². The molecule has 1 aromatic heterocycles. The van der Waals surface area contributed by atoms with Crippen molar-refractivity contribution >= 4 is 17.5 Å². The molecule has 1 heterocycles. The lowest BCUT2D eigenvalue weighted by atomic mass is 9.96. The molecule has 2 rings (SSSR count). The second-order valence-corrected chi connectivity index (χ2v) is 5.95. The molecule has 19 heavy (non-hydrogen) atoms. The maximum Gasteiger partial charge on any atom is 0.239 e. The van der Waals surface area contributed by atoms with Crippen LogP contribution < -0.4 is 16.4 Å². The molecule has 0 spiro atoms. The molecule has 1 aliphatic carbocycles. The molecule has 104 valence electrons. The number of nitrogens with one attached hydrogen (secondary N) is 2. The summed E-state index contributed by atoms with van der Waals surface area (Å²) in [6.07, 6.45) is 2.17. The zero-order valence-corrected chi connectivity index (χ0v) is 11.7. The van der Waals surface area contributed by atoms with E-state index in [2.05, 4.69) is 20.6 Å². The van der Waals surface area contributed by atoms with E-state index >= 15 is 0 Å². The zero-order valence-electron chi connectivity index (χ0n) is 11.7. The molecule has 6 nitrogen and oxygen atoms in total. The van der Waals surface area contributed by atoms with E-state index in [1.165, 1.54) is 0 Å². The SMILES string of the molecule is CC(C)(C)c1nc(N)cc(NCC(=O)NC2CC2)n1. The first-order chi connectivity index (χ1) is 8.84. The van der Waals surface area contributed by atoms with E-state index in [0.717, 1.165) is 12.8 Å². The Bertz CT molecular complexity index is 476. The molecular formula is C13H21N5O. The van der Waals surface area contributed by atoms with Crippen LogP contribution in [0.2, 0.25) is 0 Å². The van der Waals surface area contributed by atoms with Crippen molar-refractivity contribution in [1.82, 2.24) is 15.3 Å². The first-order valence-electron chi connectivity index (χ1n) is 6.53. The fourth-order valence-electron chi connectivity index (χ4n) is 1.57. The van der Waals surface area contributed by atoms with E-state index in [-0.39, 0.29) is 17.9 Å². The van der Waals surface area contributed by atoms with Crippen LogP contribution in [0.1, 0.15) is 39.4 Å². The van der Waals surface area contributed by atoms with Crippen molar-refractivity contribution < 1.29 is 4.79 Å². The Morgan fingerprint density at radius 1 is 1.42 bits per heavy atom. The number of aromatic nitrogens is 2. The highest BCUT2D eigenvalue weighted by atomic mass is 16.2. The molecule has 1 amide bonds. The van der Waals surface area contributed by atoms with E-state index in [4.69, 9.17) is 5.73 Å². The third-order valence-corrected chi connectivity index (χ3v) is 2.79. The van der Waals surface area contributed by atoms with Gasteiger partial charge in [-0.05, 0) is 12.8 Å². The van der Waals surface area contributed by atoms with Gasteiger partial charge < -0.3 is 16.4 Å². The highest BCUT2D eigenvalue weighted by molar-refractivity contribution is 5.81. The topological polar surface area (TPSA) is 92.9 Å². The number of nitrogens with zero attached hydrogens (tertiary/aromatic N) is 2. The molecule has 1 saturated carbocycles. The van der Waals surface area contributed by atoms with Crippen molar-refractivity contribution in [2.45, 2.75) is 45.1 Å². The lowest BCUT2D eigenvalue weighted by molar-refractivity contribution is -0.119. The summed E-state index contributed by atoms with van der Waals surface area (Å²) in [4.78, 5) is 20.2. The molecule has 1 fully saturated rings. The number of rotatable bonds is 4. The Kier molecular flexibility index (Phi) is 3.59. The lowest BCUT2D eigenvalue weighted by Crippen LogP contribution is -2.31. The lowest BCUT2D eigenvalue weighted by Gasteiger charge is -2.18. The van der Waals surface area contributed by atoms with Gasteiger partial charge in [-0.2, -0.15) is 0 Å². The van der Waals surface area contributed by atoms with Crippen molar-refractivity contribution in [3.05, 3.63) is 11.9 Å². The molecule has 1 aromatic rings. The first-order valence-corrected chi connectivity index (χ1v) is 6.53. The Hall–Kier alpha value is -1.85. The van der Waals surface area contributed by atoms with Crippen LogP contribution in [0.5, 0.6) is 0 Å². The second-order valence-electron chi connectivity index (χ2n) is 5.95. The molecule has 0 radical (unpaired) electrons. The predicted octanol–water partition coefficient (Wildman–Crippen LogP) is 1.05. The van der Waals surface area contributed by atoms with E-state index < -0.39 is 0 Å². The second kappa shape index (κ2) is 5.03. The Morgan fingerprint density at radius 3 is 2.68 bits per heavy atom. The third kappa shape index (κ3) is 4.08. The minimum atomic E-state index is -0.178. The molecule has 0 aromatic carbocycles. The summed E-state index contributed by atoms with van der Waals surface area (Å²) in [5, 5.41) is 5.90. The zero-order chi connectivity index (χ0) is 14.0. The van der Waals surface area contributed by atoms with Gasteiger partial charge in [-0.1, -0.05) is 20.8 Å². The molecule has 0 bridgehead atoms. The van der Waals surface area contributed by atoms with Gasteiger partial charge in [0.25, 0.3) is 0 Å². The van der Waals surface area contributed by atoms with Crippen LogP contribution in [0.15, 0.2) is 6.07 Å². The number of hydrogen-bond acceptors (Lipinski definition) is 5. The molecule has 0 unspecified atom stereocenters. The fraction of sp³-hybridized carbons (Fsp3) is 0.615. The molecule has 0 atom stereocenters. The van der Waals surface area contributed by atoms with E-state index in [9.17, 15) is 4.79 Å². The number of carbonyl (C=O) groups is 1. The van der Waals surface area contributed by atoms with Crippen LogP contribution >= 0.6 is 0 Å². The summed E-state index contributed by atoms with van der Waals surface area (Å²) in [5.41, 5.74) is 5.58. The average molecular weight is 263 g/mol. The van der Waals surface area contributed by atoms with E-state index in [0.29, 0.717) is 23.5 Å². The number of carbonyl (C=O) groups excluding carboxylic acids is 1. The van der Waals surface area contributed by atoms with Gasteiger partial charge in [-0.3, -0.25) is 4.79 Å². The number of amides is 1. The summed E-state index contributed by atoms with van der Waals surface area (Å²) in [7, 11) is 0. The standard InChI is InChI=1S/C13H21N5O/c1-13(2,3)12-17-9(14)6-10(18-12)15-7-11(19)16-8-4-5-8/h6,8H,4-5,7H2,1-3H3,(H,16,19)(H3,14,15,17,18). The van der Waals surface area contributed by atoms with Crippen LogP contribution in [0.4, 0.5) is 11.6 Å². The summed E-state index contributed by atoms with van der Waals surface area (Å²) in [6, 6.07) is 2.01. The maximum absolute atomic E-state index is 11.6. The Labute approximate surface area is 113 Å². The van der Waals surface area contributed by atoms with Gasteiger partial charge in [0.05, 0.1) is 6.54 Å². The van der Waals surface area contributed by atoms with Crippen LogP contribution in [0, 0.1) is 0 Å². The minimum Gasteiger partial charge on any atom is -0.384 e. The van der Waals surface area contributed by atoms with Gasteiger partial charge in [0, 0.05) is 17.5 Å². The van der Waals surface area contributed by atoms with Crippen LogP contribution in [0.25, 0.3) is 0 Å². The molecule has 4 N–H and O–H groups in total. The van der Waals surface area contributed by atoms with Crippen molar-refractivity contribution in [2.75, 3.05) is 17.6 Å². The summed E-state index contributed by atoms with van der Waals surface area (Å²) in [6.45, 7) is 6.26. The summed E-state index contributed by atoms with van der Waals surface area (Å²) < 4.78 is 0. The molecule has 0 aliphatic heterocycles. The maximum atomic E-state index is 11.6. The van der Waals surface area contributed by atoms with Crippen LogP contribution in [0.3, 0.4) is 0 Å².